The lowest BCUT2D eigenvalue weighted by Crippen LogP contribution is -2.04. The predicted octanol–water partition coefficient (Wildman–Crippen LogP) is 3.43. The second-order valence-corrected chi connectivity index (χ2v) is 3.11. The summed E-state index contributed by atoms with van der Waals surface area (Å²) in [4.78, 5) is 0.629. The van der Waals surface area contributed by atoms with Crippen molar-refractivity contribution >= 4 is 11.8 Å². The molecule has 0 heterocycles. The maximum absolute atomic E-state index is 12.1. The summed E-state index contributed by atoms with van der Waals surface area (Å²) in [6.07, 6.45) is -2.48. The van der Waals surface area contributed by atoms with E-state index in [-0.39, 0.29) is 0 Å². The Balaban J connectivity index is 3.02. The van der Waals surface area contributed by atoms with Gasteiger partial charge in [0.1, 0.15) is 0 Å². The highest BCUT2D eigenvalue weighted by Crippen LogP contribution is 2.31. The number of rotatable bonds is 1. The van der Waals surface area contributed by atoms with Gasteiger partial charge in [-0.05, 0) is 24.5 Å². The SMILES string of the molecule is CSc1cccc(C(F)(F)F)c1. The Morgan fingerprint density at radius 3 is 2.42 bits per heavy atom. The highest BCUT2D eigenvalue weighted by Gasteiger charge is 2.30. The molecule has 0 aliphatic carbocycles. The van der Waals surface area contributed by atoms with Crippen LogP contribution in [0.1, 0.15) is 5.56 Å². The van der Waals surface area contributed by atoms with E-state index >= 15 is 0 Å². The van der Waals surface area contributed by atoms with E-state index in [1.54, 1.807) is 12.3 Å². The van der Waals surface area contributed by atoms with Crippen LogP contribution in [0.4, 0.5) is 13.2 Å². The van der Waals surface area contributed by atoms with Crippen LogP contribution in [-0.4, -0.2) is 6.26 Å². The van der Waals surface area contributed by atoms with Gasteiger partial charge in [0, 0.05) is 4.90 Å². The number of hydrogen-bond acceptors (Lipinski definition) is 1. The minimum atomic E-state index is -4.23. The molecule has 0 fully saturated rings. The molecule has 0 aliphatic heterocycles. The van der Waals surface area contributed by atoms with Crippen molar-refractivity contribution in [2.75, 3.05) is 6.26 Å². The lowest BCUT2D eigenvalue weighted by Gasteiger charge is -2.06. The standard InChI is InChI=1S/C8H7F3S/c1-12-7-4-2-3-6(5-7)8(9,10)11/h2-5H,1H3. The molecule has 1 aromatic rings. The van der Waals surface area contributed by atoms with Crippen LogP contribution in [0, 0.1) is 0 Å². The summed E-state index contributed by atoms with van der Waals surface area (Å²) in [5.74, 6) is 0. The molecule has 1 aromatic carbocycles. The normalized spacial score (nSPS) is 11.7. The van der Waals surface area contributed by atoms with Gasteiger partial charge in [-0.25, -0.2) is 0 Å². The van der Waals surface area contributed by atoms with Crippen LogP contribution in [-0.2, 0) is 6.18 Å². The molecule has 0 radical (unpaired) electrons. The van der Waals surface area contributed by atoms with Gasteiger partial charge in [0.15, 0.2) is 0 Å². The lowest BCUT2D eigenvalue weighted by molar-refractivity contribution is -0.137. The van der Waals surface area contributed by atoms with Gasteiger partial charge in [-0.2, -0.15) is 13.2 Å². The van der Waals surface area contributed by atoms with Crippen LogP contribution < -0.4 is 0 Å². The summed E-state index contributed by atoms with van der Waals surface area (Å²) >= 11 is 1.30. The van der Waals surface area contributed by atoms with Gasteiger partial charge >= 0.3 is 6.18 Å². The molecule has 0 nitrogen and oxygen atoms in total. The molecule has 0 atom stereocenters. The first-order valence-electron chi connectivity index (χ1n) is 3.25. The van der Waals surface area contributed by atoms with E-state index < -0.39 is 11.7 Å². The highest BCUT2D eigenvalue weighted by molar-refractivity contribution is 7.98. The predicted molar refractivity (Wildman–Crippen MR) is 43.2 cm³/mol. The van der Waals surface area contributed by atoms with E-state index in [0.29, 0.717) is 4.90 Å². The zero-order valence-electron chi connectivity index (χ0n) is 6.35. The zero-order chi connectivity index (χ0) is 9.19. The Morgan fingerprint density at radius 2 is 1.92 bits per heavy atom. The van der Waals surface area contributed by atoms with Crippen molar-refractivity contribution in [2.24, 2.45) is 0 Å². The average Bonchev–Trinajstić information content (AvgIpc) is 2.03. The largest absolute Gasteiger partial charge is 0.416 e. The number of benzene rings is 1. The van der Waals surface area contributed by atoms with E-state index in [2.05, 4.69) is 0 Å². The Kier molecular flexibility index (Phi) is 2.67. The summed E-state index contributed by atoms with van der Waals surface area (Å²) in [5.41, 5.74) is -0.589. The van der Waals surface area contributed by atoms with Gasteiger partial charge < -0.3 is 0 Å². The van der Waals surface area contributed by atoms with Crippen LogP contribution in [0.5, 0.6) is 0 Å². The molecule has 0 spiro atoms. The Labute approximate surface area is 72.8 Å². The molecule has 0 unspecified atom stereocenters. The monoisotopic (exact) mass is 192 g/mol. The lowest BCUT2D eigenvalue weighted by atomic mass is 10.2. The Morgan fingerprint density at radius 1 is 1.25 bits per heavy atom. The van der Waals surface area contributed by atoms with Gasteiger partial charge in [0.25, 0.3) is 0 Å². The van der Waals surface area contributed by atoms with Gasteiger partial charge in [0.2, 0.25) is 0 Å². The quantitative estimate of drug-likeness (QED) is 0.614. The number of alkyl halides is 3. The highest BCUT2D eigenvalue weighted by atomic mass is 32.2. The second kappa shape index (κ2) is 3.39. The fourth-order valence-corrected chi connectivity index (χ4v) is 1.26. The van der Waals surface area contributed by atoms with Crippen LogP contribution in [0.3, 0.4) is 0 Å². The van der Waals surface area contributed by atoms with E-state index in [1.165, 1.54) is 17.8 Å². The molecule has 0 saturated carbocycles. The summed E-state index contributed by atoms with van der Waals surface area (Å²) < 4.78 is 36.3. The fourth-order valence-electron chi connectivity index (χ4n) is 0.799. The molecule has 0 aliphatic rings. The number of hydrogen-bond donors (Lipinski definition) is 0. The molecular formula is C8H7F3S. The third-order valence-electron chi connectivity index (χ3n) is 1.40. The second-order valence-electron chi connectivity index (χ2n) is 2.23. The van der Waals surface area contributed by atoms with Crippen LogP contribution in [0.2, 0.25) is 0 Å². The summed E-state index contributed by atoms with van der Waals surface area (Å²) in [6, 6.07) is 5.28. The van der Waals surface area contributed by atoms with Gasteiger partial charge in [0.05, 0.1) is 5.56 Å². The molecule has 66 valence electrons. The smallest absolute Gasteiger partial charge is 0.166 e. The fraction of sp³-hybridized carbons (Fsp3) is 0.250. The van der Waals surface area contributed by atoms with Gasteiger partial charge in [-0.15, -0.1) is 11.8 Å². The molecule has 0 N–H and O–H groups in total. The molecule has 4 heteroatoms. The van der Waals surface area contributed by atoms with Crippen LogP contribution >= 0.6 is 11.8 Å². The van der Waals surface area contributed by atoms with E-state index in [1.807, 2.05) is 0 Å². The van der Waals surface area contributed by atoms with Crippen molar-refractivity contribution in [2.45, 2.75) is 11.1 Å². The van der Waals surface area contributed by atoms with E-state index in [0.717, 1.165) is 12.1 Å². The molecule has 0 bridgehead atoms. The first-order valence-corrected chi connectivity index (χ1v) is 4.48. The van der Waals surface area contributed by atoms with Crippen molar-refractivity contribution < 1.29 is 13.2 Å². The van der Waals surface area contributed by atoms with Crippen molar-refractivity contribution in [3.63, 3.8) is 0 Å². The average molecular weight is 192 g/mol. The third-order valence-corrected chi connectivity index (χ3v) is 2.12. The molecular weight excluding hydrogens is 185 g/mol. The summed E-state index contributed by atoms with van der Waals surface area (Å²) in [5, 5.41) is 0. The first-order chi connectivity index (χ1) is 5.54. The summed E-state index contributed by atoms with van der Waals surface area (Å²) in [7, 11) is 0. The zero-order valence-corrected chi connectivity index (χ0v) is 7.17. The summed E-state index contributed by atoms with van der Waals surface area (Å²) in [6.45, 7) is 0. The van der Waals surface area contributed by atoms with E-state index in [4.69, 9.17) is 0 Å². The minimum Gasteiger partial charge on any atom is -0.166 e. The first kappa shape index (κ1) is 9.45. The Hall–Kier alpha value is -0.640. The van der Waals surface area contributed by atoms with Crippen molar-refractivity contribution in [1.29, 1.82) is 0 Å². The molecule has 0 amide bonds. The van der Waals surface area contributed by atoms with Crippen molar-refractivity contribution in [3.8, 4) is 0 Å². The minimum absolute atomic E-state index is 0.589. The number of thioether (sulfide) groups is 1. The molecule has 12 heavy (non-hydrogen) atoms. The molecule has 1 rings (SSSR count). The maximum atomic E-state index is 12.1. The molecule has 0 saturated heterocycles. The van der Waals surface area contributed by atoms with Gasteiger partial charge in [-0.1, -0.05) is 6.07 Å². The number of halogens is 3. The van der Waals surface area contributed by atoms with Crippen molar-refractivity contribution in [1.82, 2.24) is 0 Å². The van der Waals surface area contributed by atoms with E-state index in [9.17, 15) is 13.2 Å². The topological polar surface area (TPSA) is 0 Å². The molecule has 0 aromatic heterocycles. The Bertz CT molecular complexity index is 267. The van der Waals surface area contributed by atoms with Crippen molar-refractivity contribution in [3.05, 3.63) is 29.8 Å². The van der Waals surface area contributed by atoms with Crippen LogP contribution in [0.15, 0.2) is 29.2 Å². The third kappa shape index (κ3) is 2.17. The van der Waals surface area contributed by atoms with Gasteiger partial charge in [-0.3, -0.25) is 0 Å². The maximum Gasteiger partial charge on any atom is 0.416 e. The van der Waals surface area contributed by atoms with Crippen LogP contribution in [0.25, 0.3) is 0 Å².